The van der Waals surface area contributed by atoms with Crippen LogP contribution < -0.4 is 4.90 Å². The van der Waals surface area contributed by atoms with Gasteiger partial charge in [-0.05, 0) is 40.8 Å². The van der Waals surface area contributed by atoms with Crippen molar-refractivity contribution >= 4 is 17.6 Å². The first kappa shape index (κ1) is 12.1. The van der Waals surface area contributed by atoms with Crippen LogP contribution in [0.2, 0.25) is 0 Å². The Kier molecular flexibility index (Phi) is 2.57. The molecule has 0 unspecified atom stereocenters. The summed E-state index contributed by atoms with van der Waals surface area (Å²) >= 11 is 0. The number of carbonyl (C=O) groups excluding carboxylic acids is 2. The molecule has 104 valence electrons. The van der Waals surface area contributed by atoms with Crippen molar-refractivity contribution in [2.45, 2.75) is 6.42 Å². The lowest BCUT2D eigenvalue weighted by molar-refractivity contribution is -0.160. The summed E-state index contributed by atoms with van der Waals surface area (Å²) in [4.78, 5) is 24.5. The number of rotatable bonds is 1. The van der Waals surface area contributed by atoms with Gasteiger partial charge in [0, 0.05) is 5.69 Å². The molecule has 2 aromatic carbocycles. The molecule has 4 heteroatoms. The Balaban J connectivity index is 1.70. The van der Waals surface area contributed by atoms with Crippen LogP contribution in [0.3, 0.4) is 0 Å². The van der Waals surface area contributed by atoms with Gasteiger partial charge in [-0.25, -0.2) is 9.59 Å². The Morgan fingerprint density at radius 2 is 1.57 bits per heavy atom. The van der Waals surface area contributed by atoms with E-state index in [-0.39, 0.29) is 13.1 Å². The van der Waals surface area contributed by atoms with Gasteiger partial charge in [-0.15, -0.1) is 0 Å². The zero-order chi connectivity index (χ0) is 14.4. The quantitative estimate of drug-likeness (QED) is 0.506. The molecule has 0 spiro atoms. The highest BCUT2D eigenvalue weighted by atomic mass is 16.6. The summed E-state index contributed by atoms with van der Waals surface area (Å²) in [5.74, 6) is -0.981. The van der Waals surface area contributed by atoms with E-state index in [0.717, 1.165) is 12.1 Å². The van der Waals surface area contributed by atoms with Gasteiger partial charge in [0.2, 0.25) is 0 Å². The van der Waals surface area contributed by atoms with Gasteiger partial charge in [0.25, 0.3) is 0 Å². The van der Waals surface area contributed by atoms with Crippen molar-refractivity contribution < 1.29 is 14.3 Å². The summed E-state index contributed by atoms with van der Waals surface area (Å²) in [7, 11) is 0. The van der Waals surface area contributed by atoms with Crippen LogP contribution in [-0.2, 0) is 20.7 Å². The summed E-state index contributed by atoms with van der Waals surface area (Å²) in [5, 5.41) is 0. The number of benzene rings is 2. The summed E-state index contributed by atoms with van der Waals surface area (Å²) in [6, 6.07) is 14.5. The zero-order valence-corrected chi connectivity index (χ0v) is 11.3. The number of nitrogens with zero attached hydrogens (tertiary/aromatic N) is 1. The van der Waals surface area contributed by atoms with Crippen LogP contribution in [0.25, 0.3) is 11.1 Å². The molecule has 0 saturated carbocycles. The first-order valence-electron chi connectivity index (χ1n) is 6.90. The molecule has 0 aromatic heterocycles. The average Bonchev–Trinajstić information content (AvgIpc) is 2.83. The second-order valence-corrected chi connectivity index (χ2v) is 5.38. The molecular weight excluding hydrogens is 266 g/mol. The van der Waals surface area contributed by atoms with E-state index >= 15 is 0 Å². The van der Waals surface area contributed by atoms with Crippen LogP contribution in [0.1, 0.15) is 11.1 Å². The highest BCUT2D eigenvalue weighted by Crippen LogP contribution is 2.38. The van der Waals surface area contributed by atoms with Crippen molar-refractivity contribution in [2.24, 2.45) is 0 Å². The van der Waals surface area contributed by atoms with Crippen molar-refractivity contribution in [3.8, 4) is 11.1 Å². The number of hydrogen-bond donors (Lipinski definition) is 0. The zero-order valence-electron chi connectivity index (χ0n) is 11.3. The Morgan fingerprint density at radius 1 is 0.857 bits per heavy atom. The Labute approximate surface area is 121 Å². The van der Waals surface area contributed by atoms with Gasteiger partial charge in [-0.3, -0.25) is 0 Å². The molecule has 2 aliphatic rings. The molecule has 1 aliphatic carbocycles. The number of anilines is 1. The Bertz CT molecular complexity index is 750. The van der Waals surface area contributed by atoms with Crippen LogP contribution in [0.4, 0.5) is 5.69 Å². The molecule has 4 rings (SSSR count). The molecule has 1 saturated heterocycles. The SMILES string of the molecule is O=C1CN(c2ccc3c(c2)Cc2ccccc2-3)CC(=O)O1. The summed E-state index contributed by atoms with van der Waals surface area (Å²) in [6.07, 6.45) is 0.894. The van der Waals surface area contributed by atoms with Gasteiger partial charge in [0.15, 0.2) is 0 Å². The molecule has 1 aliphatic heterocycles. The molecule has 2 aromatic rings. The van der Waals surface area contributed by atoms with Crippen LogP contribution in [0.5, 0.6) is 0 Å². The third-order valence-corrected chi connectivity index (χ3v) is 4.01. The molecule has 21 heavy (non-hydrogen) atoms. The van der Waals surface area contributed by atoms with Crippen LogP contribution in [-0.4, -0.2) is 25.0 Å². The maximum atomic E-state index is 11.4. The van der Waals surface area contributed by atoms with Gasteiger partial charge in [0.1, 0.15) is 13.1 Å². The smallest absolute Gasteiger partial charge is 0.333 e. The van der Waals surface area contributed by atoms with Crippen LogP contribution in [0, 0.1) is 0 Å². The molecule has 1 heterocycles. The van der Waals surface area contributed by atoms with Gasteiger partial charge in [0.05, 0.1) is 0 Å². The van der Waals surface area contributed by atoms with Gasteiger partial charge in [-0.1, -0.05) is 30.3 Å². The lowest BCUT2D eigenvalue weighted by Gasteiger charge is -2.26. The fourth-order valence-corrected chi connectivity index (χ4v) is 3.07. The van der Waals surface area contributed by atoms with Crippen LogP contribution >= 0.6 is 0 Å². The molecule has 0 atom stereocenters. The largest absolute Gasteiger partial charge is 0.390 e. The van der Waals surface area contributed by atoms with E-state index in [1.54, 1.807) is 4.90 Å². The first-order chi connectivity index (χ1) is 10.2. The second kappa shape index (κ2) is 4.45. The van der Waals surface area contributed by atoms with Crippen molar-refractivity contribution in [1.82, 2.24) is 0 Å². The molecule has 4 nitrogen and oxygen atoms in total. The Hall–Kier alpha value is -2.62. The third-order valence-electron chi connectivity index (χ3n) is 4.01. The standard InChI is InChI=1S/C17H13NO3/c19-16-9-18(10-17(20)21-16)13-5-6-15-12(8-13)7-11-3-1-2-4-14(11)15/h1-6,8H,7,9-10H2. The molecule has 0 N–H and O–H groups in total. The topological polar surface area (TPSA) is 46.6 Å². The summed E-state index contributed by atoms with van der Waals surface area (Å²) in [6.45, 7) is 0.245. The fourth-order valence-electron chi connectivity index (χ4n) is 3.07. The minimum Gasteiger partial charge on any atom is -0.390 e. The van der Waals surface area contributed by atoms with E-state index in [9.17, 15) is 9.59 Å². The summed E-state index contributed by atoms with van der Waals surface area (Å²) < 4.78 is 4.56. The van der Waals surface area contributed by atoms with E-state index in [1.807, 2.05) is 18.2 Å². The first-order valence-corrected chi connectivity index (χ1v) is 6.90. The third kappa shape index (κ3) is 2.00. The number of carbonyl (C=O) groups is 2. The summed E-state index contributed by atoms with van der Waals surface area (Å²) in [5.41, 5.74) is 5.96. The number of ether oxygens (including phenoxy) is 1. The van der Waals surface area contributed by atoms with Crippen molar-refractivity contribution in [1.29, 1.82) is 0 Å². The fraction of sp³-hybridized carbons (Fsp3) is 0.176. The number of morpholine rings is 1. The molecule has 1 fully saturated rings. The molecule has 0 amide bonds. The van der Waals surface area contributed by atoms with Crippen molar-refractivity contribution in [3.05, 3.63) is 53.6 Å². The average molecular weight is 279 g/mol. The molecule has 0 radical (unpaired) electrons. The lowest BCUT2D eigenvalue weighted by Crippen LogP contribution is -2.42. The predicted molar refractivity (Wildman–Crippen MR) is 78.0 cm³/mol. The molecular formula is C17H13NO3. The highest BCUT2D eigenvalue weighted by Gasteiger charge is 2.26. The molecule has 0 bridgehead atoms. The maximum absolute atomic E-state index is 11.4. The minimum absolute atomic E-state index is 0.122. The van der Waals surface area contributed by atoms with Gasteiger partial charge in [-0.2, -0.15) is 0 Å². The number of cyclic esters (lactones) is 2. The lowest BCUT2D eigenvalue weighted by atomic mass is 10.1. The normalized spacial score (nSPS) is 16.5. The van der Waals surface area contributed by atoms with Crippen molar-refractivity contribution in [2.75, 3.05) is 18.0 Å². The van der Waals surface area contributed by atoms with Crippen molar-refractivity contribution in [3.63, 3.8) is 0 Å². The maximum Gasteiger partial charge on any atom is 0.333 e. The minimum atomic E-state index is -0.491. The second-order valence-electron chi connectivity index (χ2n) is 5.38. The van der Waals surface area contributed by atoms with E-state index in [1.165, 1.54) is 22.3 Å². The number of esters is 2. The Morgan fingerprint density at radius 3 is 2.38 bits per heavy atom. The van der Waals surface area contributed by atoms with E-state index in [2.05, 4.69) is 29.0 Å². The van der Waals surface area contributed by atoms with E-state index in [0.29, 0.717) is 0 Å². The van der Waals surface area contributed by atoms with Gasteiger partial charge < -0.3 is 9.64 Å². The number of hydrogen-bond acceptors (Lipinski definition) is 4. The van der Waals surface area contributed by atoms with E-state index in [4.69, 9.17) is 0 Å². The highest BCUT2D eigenvalue weighted by molar-refractivity contribution is 5.94. The van der Waals surface area contributed by atoms with Crippen LogP contribution in [0.15, 0.2) is 42.5 Å². The number of fused-ring (bicyclic) bond motifs is 3. The van der Waals surface area contributed by atoms with E-state index < -0.39 is 11.9 Å². The predicted octanol–water partition coefficient (Wildman–Crippen LogP) is 2.15. The van der Waals surface area contributed by atoms with Gasteiger partial charge >= 0.3 is 11.9 Å². The monoisotopic (exact) mass is 279 g/mol.